The fourth-order valence-electron chi connectivity index (χ4n) is 8.21. The molecule has 0 aliphatic heterocycles. The second-order valence-electron chi connectivity index (χ2n) is 14.6. The molecule has 8 heteroatoms. The van der Waals surface area contributed by atoms with Crippen LogP contribution in [0.2, 0.25) is 0 Å². The highest BCUT2D eigenvalue weighted by atomic mass is 16.3. The van der Waals surface area contributed by atoms with E-state index >= 15 is 0 Å². The number of fused-ring (bicyclic) bond motifs is 2. The maximum Gasteiger partial charge on any atom is 0.252 e. The van der Waals surface area contributed by atoms with Gasteiger partial charge in [0.25, 0.3) is 11.8 Å². The van der Waals surface area contributed by atoms with Gasteiger partial charge in [0.05, 0.1) is 22.2 Å². The number of amides is 2. The molecule has 2 amide bonds. The van der Waals surface area contributed by atoms with E-state index in [1.54, 1.807) is 0 Å². The highest BCUT2D eigenvalue weighted by molar-refractivity contribution is 6.08. The van der Waals surface area contributed by atoms with Crippen LogP contribution in [-0.2, 0) is 0 Å². The Morgan fingerprint density at radius 2 is 1.00 bits per heavy atom. The summed E-state index contributed by atoms with van der Waals surface area (Å²) >= 11 is 0. The first-order valence-corrected chi connectivity index (χ1v) is 18.4. The molecule has 260 valence electrons. The Morgan fingerprint density at radius 1 is 0.588 bits per heavy atom. The molecular weight excluding hydrogens is 636 g/mol. The van der Waals surface area contributed by atoms with Gasteiger partial charge in [-0.15, -0.1) is 0 Å². The lowest BCUT2D eigenvalue weighted by molar-refractivity contribution is 0.0919. The van der Waals surface area contributed by atoms with Crippen LogP contribution in [0.3, 0.4) is 0 Å². The van der Waals surface area contributed by atoms with E-state index in [2.05, 4.69) is 10.6 Å². The number of nitrogens with zero attached hydrogens (tertiary/aromatic N) is 2. The molecule has 0 bridgehead atoms. The molecule has 4 aromatic heterocycles. The molecule has 2 aliphatic rings. The first-order valence-electron chi connectivity index (χ1n) is 18.4. The van der Waals surface area contributed by atoms with Gasteiger partial charge in [-0.25, -0.2) is 9.97 Å². The van der Waals surface area contributed by atoms with E-state index in [4.69, 9.17) is 18.8 Å². The Morgan fingerprint density at radius 3 is 1.39 bits per heavy atom. The smallest absolute Gasteiger partial charge is 0.252 e. The first-order chi connectivity index (χ1) is 24.9. The Balaban J connectivity index is 0.838. The fourth-order valence-corrected chi connectivity index (χ4v) is 8.21. The summed E-state index contributed by atoms with van der Waals surface area (Å²) in [6, 6.07) is 27.3. The maximum absolute atomic E-state index is 13.7. The third kappa shape index (κ3) is 7.18. The molecule has 4 heterocycles. The summed E-state index contributed by atoms with van der Waals surface area (Å²) in [5.41, 5.74) is 4.19. The van der Waals surface area contributed by atoms with Crippen molar-refractivity contribution >= 4 is 33.6 Å². The van der Waals surface area contributed by atoms with E-state index < -0.39 is 0 Å². The number of aromatic nitrogens is 2. The molecule has 0 radical (unpaired) electrons. The van der Waals surface area contributed by atoms with Crippen molar-refractivity contribution in [3.05, 3.63) is 108 Å². The number of hydrogen-bond donors (Lipinski definition) is 2. The van der Waals surface area contributed by atoms with Gasteiger partial charge in [0.1, 0.15) is 22.9 Å². The average Bonchev–Trinajstić information content (AvgIpc) is 3.80. The Labute approximate surface area is 298 Å². The number of carbonyl (C=O) groups is 2. The zero-order valence-electron chi connectivity index (χ0n) is 29.3. The van der Waals surface area contributed by atoms with Crippen molar-refractivity contribution < 1.29 is 18.4 Å². The normalized spacial score (nSPS) is 20.7. The van der Waals surface area contributed by atoms with E-state index in [9.17, 15) is 9.59 Å². The SMILES string of the molecule is Cc1ccc(-c2cc(C(=O)NC3CCC(CC4CCC(NC(=O)c5cc(-c6ccc(C)o6)nc6ccccc56)CC4)CC3)c3ccccc3n2)o1. The van der Waals surface area contributed by atoms with E-state index in [0.29, 0.717) is 45.9 Å². The highest BCUT2D eigenvalue weighted by Crippen LogP contribution is 2.36. The predicted octanol–water partition coefficient (Wildman–Crippen LogP) is 9.59. The molecular formula is C43H44N4O4. The standard InChI is InChI=1S/C43H44N4O4/c1-26-11-21-40(50-26)38-24-34(32-7-3-5-9-36(32)46-38)42(48)44-30-17-13-28(14-18-30)23-29-15-19-31(20-16-29)45-43(49)35-25-39(41-22-12-27(2)51-41)47-37-10-6-4-8-33(35)37/h3-12,21-22,24-25,28-31H,13-20,23H2,1-2H3,(H,44,48)(H,45,49). The number of hydrogen-bond acceptors (Lipinski definition) is 6. The minimum absolute atomic E-state index is 0.0472. The van der Waals surface area contributed by atoms with Crippen molar-refractivity contribution in [3.8, 4) is 22.9 Å². The van der Waals surface area contributed by atoms with Crippen molar-refractivity contribution in [1.29, 1.82) is 0 Å². The fraction of sp³-hybridized carbons (Fsp3) is 0.349. The summed E-state index contributed by atoms with van der Waals surface area (Å²) in [4.78, 5) is 36.8. The number of pyridine rings is 2. The van der Waals surface area contributed by atoms with Crippen LogP contribution in [0.4, 0.5) is 0 Å². The molecule has 6 aromatic rings. The summed E-state index contributed by atoms with van der Waals surface area (Å²) < 4.78 is 11.7. The van der Waals surface area contributed by atoms with Gasteiger partial charge in [-0.3, -0.25) is 9.59 Å². The second kappa shape index (κ2) is 14.2. The lowest BCUT2D eigenvalue weighted by Gasteiger charge is -2.34. The molecule has 51 heavy (non-hydrogen) atoms. The highest BCUT2D eigenvalue weighted by Gasteiger charge is 2.29. The molecule has 2 aliphatic carbocycles. The van der Waals surface area contributed by atoms with Gasteiger partial charge in [0, 0.05) is 22.9 Å². The molecule has 0 spiro atoms. The van der Waals surface area contributed by atoms with E-state index in [0.717, 1.165) is 84.7 Å². The van der Waals surface area contributed by atoms with E-state index in [1.165, 1.54) is 6.42 Å². The molecule has 2 fully saturated rings. The zero-order valence-corrected chi connectivity index (χ0v) is 29.3. The topological polar surface area (TPSA) is 110 Å². The van der Waals surface area contributed by atoms with Gasteiger partial charge >= 0.3 is 0 Å². The minimum atomic E-state index is -0.0472. The molecule has 0 unspecified atom stereocenters. The van der Waals surface area contributed by atoms with Crippen LogP contribution in [0.25, 0.3) is 44.7 Å². The number of aryl methyl sites for hydroxylation is 2. The number of para-hydroxylation sites is 2. The summed E-state index contributed by atoms with van der Waals surface area (Å²) in [5, 5.41) is 8.41. The van der Waals surface area contributed by atoms with Crippen LogP contribution in [0.1, 0.15) is 90.0 Å². The molecule has 2 N–H and O–H groups in total. The Hall–Kier alpha value is -5.24. The minimum Gasteiger partial charge on any atom is -0.460 e. The molecule has 8 nitrogen and oxygen atoms in total. The monoisotopic (exact) mass is 680 g/mol. The summed E-state index contributed by atoms with van der Waals surface area (Å²) in [6.07, 6.45) is 9.71. The average molecular weight is 681 g/mol. The first kappa shape index (κ1) is 32.9. The van der Waals surface area contributed by atoms with Crippen LogP contribution in [0, 0.1) is 25.7 Å². The van der Waals surface area contributed by atoms with Crippen molar-refractivity contribution in [3.63, 3.8) is 0 Å². The van der Waals surface area contributed by atoms with Gasteiger partial charge in [-0.05, 0) is 132 Å². The predicted molar refractivity (Wildman–Crippen MR) is 199 cm³/mol. The van der Waals surface area contributed by atoms with Crippen LogP contribution in [0.5, 0.6) is 0 Å². The summed E-state index contributed by atoms with van der Waals surface area (Å²) in [7, 11) is 0. The van der Waals surface area contributed by atoms with Gasteiger partial charge in [-0.2, -0.15) is 0 Å². The molecule has 0 atom stereocenters. The van der Waals surface area contributed by atoms with Gasteiger partial charge in [-0.1, -0.05) is 36.4 Å². The van der Waals surface area contributed by atoms with Crippen molar-refractivity contribution in [2.24, 2.45) is 11.8 Å². The summed E-state index contributed by atoms with van der Waals surface area (Å²) in [5.74, 6) is 4.22. The van der Waals surface area contributed by atoms with E-state index in [1.807, 2.05) is 98.8 Å². The zero-order chi connectivity index (χ0) is 34.9. The lowest BCUT2D eigenvalue weighted by Crippen LogP contribution is -2.39. The van der Waals surface area contributed by atoms with Crippen molar-refractivity contribution in [2.75, 3.05) is 0 Å². The Kier molecular flexibility index (Phi) is 9.15. The number of nitrogens with one attached hydrogen (secondary N) is 2. The third-order valence-electron chi connectivity index (χ3n) is 10.9. The van der Waals surface area contributed by atoms with Crippen LogP contribution < -0.4 is 10.6 Å². The van der Waals surface area contributed by atoms with Gasteiger partial charge in [0.15, 0.2) is 11.5 Å². The summed E-state index contributed by atoms with van der Waals surface area (Å²) in [6.45, 7) is 3.82. The van der Waals surface area contributed by atoms with Crippen LogP contribution >= 0.6 is 0 Å². The Bertz CT molecular complexity index is 2050. The van der Waals surface area contributed by atoms with Crippen LogP contribution in [-0.4, -0.2) is 33.9 Å². The molecule has 0 saturated heterocycles. The molecule has 8 rings (SSSR count). The molecule has 2 saturated carbocycles. The number of carbonyl (C=O) groups excluding carboxylic acids is 2. The second-order valence-corrected chi connectivity index (χ2v) is 14.6. The lowest BCUT2D eigenvalue weighted by atomic mass is 9.75. The number of rotatable bonds is 8. The van der Waals surface area contributed by atoms with Gasteiger partial charge < -0.3 is 19.5 Å². The van der Waals surface area contributed by atoms with Crippen LogP contribution in [0.15, 0.2) is 93.8 Å². The number of benzene rings is 2. The number of furan rings is 2. The largest absolute Gasteiger partial charge is 0.460 e. The third-order valence-corrected chi connectivity index (χ3v) is 10.9. The van der Waals surface area contributed by atoms with Crippen molar-refractivity contribution in [1.82, 2.24) is 20.6 Å². The quantitative estimate of drug-likeness (QED) is 0.166. The van der Waals surface area contributed by atoms with Crippen molar-refractivity contribution in [2.45, 2.75) is 83.7 Å². The van der Waals surface area contributed by atoms with Gasteiger partial charge in [0.2, 0.25) is 0 Å². The molecule has 2 aromatic carbocycles. The maximum atomic E-state index is 13.7. The van der Waals surface area contributed by atoms with E-state index in [-0.39, 0.29) is 23.9 Å².